The topological polar surface area (TPSA) is 120 Å². The van der Waals surface area contributed by atoms with E-state index in [0.717, 1.165) is 49.9 Å². The number of nitrogens with one attached hydrogen (secondary N) is 1. The van der Waals surface area contributed by atoms with Crippen LogP contribution in [0.2, 0.25) is 0 Å². The molecule has 1 saturated carbocycles. The quantitative estimate of drug-likeness (QED) is 0.470. The second kappa shape index (κ2) is 8.79. The number of benzene rings is 1. The van der Waals surface area contributed by atoms with Gasteiger partial charge in [0.1, 0.15) is 5.75 Å². The Kier molecular flexibility index (Phi) is 6.93. The molecule has 0 unspecified atom stereocenters. The fourth-order valence-corrected chi connectivity index (χ4v) is 4.10. The molecular formula is C16H23F3N4O3S. The van der Waals surface area contributed by atoms with Crippen molar-refractivity contribution in [1.29, 1.82) is 0 Å². The lowest BCUT2D eigenvalue weighted by Gasteiger charge is -2.27. The van der Waals surface area contributed by atoms with Crippen LogP contribution in [-0.4, -0.2) is 33.8 Å². The van der Waals surface area contributed by atoms with Crippen LogP contribution < -0.4 is 20.9 Å². The number of nitrogens with zero attached hydrogens (tertiary/aromatic N) is 1. The zero-order valence-corrected chi connectivity index (χ0v) is 15.4. The summed E-state index contributed by atoms with van der Waals surface area (Å²) in [4.78, 5) is 3.89. The predicted molar refractivity (Wildman–Crippen MR) is 94.4 cm³/mol. The smallest absolute Gasteiger partial charge is 0.406 e. The molecule has 1 aliphatic rings. The summed E-state index contributed by atoms with van der Waals surface area (Å²) in [5.74, 6) is 0.182. The highest BCUT2D eigenvalue weighted by molar-refractivity contribution is 7.89. The second-order valence-corrected chi connectivity index (χ2v) is 8.29. The Morgan fingerprint density at radius 1 is 1.11 bits per heavy atom. The lowest BCUT2D eigenvalue weighted by atomic mass is 9.82. The predicted octanol–water partition coefficient (Wildman–Crippen LogP) is 1.94. The minimum atomic E-state index is -4.82. The number of guanidine groups is 1. The van der Waals surface area contributed by atoms with E-state index in [1.807, 2.05) is 0 Å². The van der Waals surface area contributed by atoms with Crippen molar-refractivity contribution in [2.24, 2.45) is 28.3 Å². The molecule has 0 saturated heterocycles. The molecule has 1 fully saturated rings. The fourth-order valence-electron chi connectivity index (χ4n) is 2.98. The van der Waals surface area contributed by atoms with Gasteiger partial charge in [-0.1, -0.05) is 0 Å². The summed E-state index contributed by atoms with van der Waals surface area (Å²) in [5, 5.41) is 0. The van der Waals surface area contributed by atoms with Gasteiger partial charge in [-0.3, -0.25) is 4.99 Å². The third-order valence-corrected chi connectivity index (χ3v) is 5.87. The molecule has 152 valence electrons. The monoisotopic (exact) mass is 408 g/mol. The Morgan fingerprint density at radius 2 is 1.67 bits per heavy atom. The zero-order chi connectivity index (χ0) is 20.1. The highest BCUT2D eigenvalue weighted by Gasteiger charge is 2.31. The van der Waals surface area contributed by atoms with Crippen LogP contribution in [0.4, 0.5) is 13.2 Å². The molecule has 27 heavy (non-hydrogen) atoms. The summed E-state index contributed by atoms with van der Waals surface area (Å²) in [6.07, 6.45) is -1.30. The number of ether oxygens (including phenoxy) is 1. The van der Waals surface area contributed by atoms with Crippen molar-refractivity contribution < 1.29 is 26.3 Å². The van der Waals surface area contributed by atoms with E-state index < -0.39 is 22.1 Å². The van der Waals surface area contributed by atoms with Crippen LogP contribution >= 0.6 is 0 Å². The van der Waals surface area contributed by atoms with Crippen molar-refractivity contribution in [3.63, 3.8) is 0 Å². The van der Waals surface area contributed by atoms with Crippen LogP contribution in [0.1, 0.15) is 25.7 Å². The molecule has 0 atom stereocenters. The Morgan fingerprint density at radius 3 is 2.19 bits per heavy atom. The Labute approximate surface area is 156 Å². The van der Waals surface area contributed by atoms with Crippen molar-refractivity contribution in [2.45, 2.75) is 36.9 Å². The van der Waals surface area contributed by atoms with Crippen LogP contribution in [0.15, 0.2) is 34.2 Å². The van der Waals surface area contributed by atoms with E-state index in [1.54, 1.807) is 0 Å². The summed E-state index contributed by atoms with van der Waals surface area (Å²) in [7, 11) is -3.80. The highest BCUT2D eigenvalue weighted by atomic mass is 32.2. The Balaban J connectivity index is 1.84. The minimum Gasteiger partial charge on any atom is -0.406 e. The van der Waals surface area contributed by atoms with Gasteiger partial charge in [-0.25, -0.2) is 13.1 Å². The summed E-state index contributed by atoms with van der Waals surface area (Å²) in [6, 6.07) is 4.10. The molecule has 5 N–H and O–H groups in total. The van der Waals surface area contributed by atoms with Gasteiger partial charge in [0.25, 0.3) is 0 Å². The maximum Gasteiger partial charge on any atom is 0.573 e. The first-order chi connectivity index (χ1) is 12.5. The van der Waals surface area contributed by atoms with Crippen molar-refractivity contribution in [2.75, 3.05) is 13.1 Å². The highest BCUT2D eigenvalue weighted by Crippen LogP contribution is 2.29. The van der Waals surface area contributed by atoms with Gasteiger partial charge < -0.3 is 16.2 Å². The first-order valence-corrected chi connectivity index (χ1v) is 9.94. The van der Waals surface area contributed by atoms with Gasteiger partial charge in [-0.05, 0) is 61.8 Å². The van der Waals surface area contributed by atoms with Gasteiger partial charge in [0.05, 0.1) is 4.90 Å². The summed E-state index contributed by atoms with van der Waals surface area (Å²) >= 11 is 0. The number of sulfonamides is 1. The molecule has 7 nitrogen and oxygen atoms in total. The number of alkyl halides is 3. The van der Waals surface area contributed by atoms with Gasteiger partial charge in [0.15, 0.2) is 5.96 Å². The van der Waals surface area contributed by atoms with Crippen LogP contribution in [0, 0.1) is 11.8 Å². The van der Waals surface area contributed by atoms with Crippen LogP contribution in [0.25, 0.3) is 0 Å². The third kappa shape index (κ3) is 7.25. The number of hydrogen-bond donors (Lipinski definition) is 3. The second-order valence-electron chi connectivity index (χ2n) is 6.52. The normalized spacial score (nSPS) is 20.9. The third-order valence-electron chi connectivity index (χ3n) is 4.43. The maximum atomic E-state index is 12.3. The van der Waals surface area contributed by atoms with Gasteiger partial charge in [0.2, 0.25) is 10.0 Å². The largest absolute Gasteiger partial charge is 0.573 e. The number of halogens is 3. The van der Waals surface area contributed by atoms with E-state index in [0.29, 0.717) is 12.5 Å². The van der Waals surface area contributed by atoms with Gasteiger partial charge in [0, 0.05) is 13.1 Å². The standard InChI is InChI=1S/C16H23F3N4O3S/c17-16(18,19)26-13-5-7-14(8-6-13)27(24,25)23-10-12-3-1-11(2-4-12)9-22-15(20)21/h5-8,11-12,23H,1-4,9-10H2,(H4,20,21,22). The number of rotatable bonds is 7. The lowest BCUT2D eigenvalue weighted by molar-refractivity contribution is -0.274. The van der Waals surface area contributed by atoms with Crippen molar-refractivity contribution in [3.05, 3.63) is 24.3 Å². The molecule has 0 aliphatic heterocycles. The summed E-state index contributed by atoms with van der Waals surface area (Å²) in [5.41, 5.74) is 10.6. The van der Waals surface area contributed by atoms with Crippen molar-refractivity contribution in [1.82, 2.24) is 4.72 Å². The lowest BCUT2D eigenvalue weighted by Crippen LogP contribution is -2.32. The first-order valence-electron chi connectivity index (χ1n) is 8.46. The van der Waals surface area contributed by atoms with Gasteiger partial charge in [-0.15, -0.1) is 13.2 Å². The van der Waals surface area contributed by atoms with Gasteiger partial charge >= 0.3 is 6.36 Å². The molecule has 0 spiro atoms. The van der Waals surface area contributed by atoms with Crippen LogP contribution in [0.3, 0.4) is 0 Å². The molecule has 1 aromatic rings. The molecule has 0 bridgehead atoms. The number of aliphatic imine (C=N–C) groups is 1. The van der Waals surface area contributed by atoms with E-state index in [1.165, 1.54) is 0 Å². The molecule has 0 radical (unpaired) electrons. The van der Waals surface area contributed by atoms with Crippen molar-refractivity contribution >= 4 is 16.0 Å². The molecule has 0 amide bonds. The average molecular weight is 408 g/mol. The average Bonchev–Trinajstić information content (AvgIpc) is 2.58. The summed E-state index contributed by atoms with van der Waals surface area (Å²) < 4.78 is 67.3. The van der Waals surface area contributed by atoms with Gasteiger partial charge in [-0.2, -0.15) is 0 Å². The Bertz CT molecular complexity index is 739. The number of nitrogens with two attached hydrogens (primary N) is 2. The summed E-state index contributed by atoms with van der Waals surface area (Å²) in [6.45, 7) is 0.852. The van der Waals surface area contributed by atoms with E-state index in [-0.39, 0.29) is 23.3 Å². The van der Waals surface area contributed by atoms with Crippen molar-refractivity contribution in [3.8, 4) is 5.75 Å². The fraction of sp³-hybridized carbons (Fsp3) is 0.562. The molecule has 2 rings (SSSR count). The van der Waals surface area contributed by atoms with E-state index in [2.05, 4.69) is 14.5 Å². The molecule has 11 heteroatoms. The first kappa shape index (κ1) is 21.3. The van der Waals surface area contributed by atoms with E-state index >= 15 is 0 Å². The molecule has 0 aromatic heterocycles. The number of hydrogen-bond acceptors (Lipinski definition) is 4. The van der Waals surface area contributed by atoms with Crippen LogP contribution in [0.5, 0.6) is 5.75 Å². The van der Waals surface area contributed by atoms with Crippen LogP contribution in [-0.2, 0) is 10.0 Å². The maximum absolute atomic E-state index is 12.3. The van der Waals surface area contributed by atoms with E-state index in [4.69, 9.17) is 11.5 Å². The molecule has 1 aromatic carbocycles. The molecular weight excluding hydrogens is 385 g/mol. The molecule has 0 heterocycles. The Hall–Kier alpha value is -2.01. The molecule has 1 aliphatic carbocycles. The SMILES string of the molecule is NC(N)=NCC1CCC(CNS(=O)(=O)c2ccc(OC(F)(F)F)cc2)CC1. The minimum absolute atomic E-state index is 0.0662. The van der Waals surface area contributed by atoms with E-state index in [9.17, 15) is 21.6 Å². The zero-order valence-electron chi connectivity index (χ0n) is 14.6.